The number of hydrogen-bond acceptors (Lipinski definition) is 7. The van der Waals surface area contributed by atoms with Gasteiger partial charge in [-0.05, 0) is 128 Å². The largest absolute Gasteiger partial charge is 0.493 e. The van der Waals surface area contributed by atoms with Crippen molar-refractivity contribution in [3.8, 4) is 11.5 Å². The third kappa shape index (κ3) is 6.79. The molecule has 3 aliphatic carbocycles. The minimum absolute atomic E-state index is 0.222. The topological polar surface area (TPSA) is 130 Å². The molecule has 4 N–H and O–H groups in total. The van der Waals surface area contributed by atoms with E-state index in [0.717, 1.165) is 43.6 Å². The molecule has 1 aromatic heterocycles. The van der Waals surface area contributed by atoms with Gasteiger partial charge in [0.05, 0.1) is 6.61 Å². The number of fused-ring (bicyclic) bond motifs is 3. The Kier molecular flexibility index (Phi) is 9.74. The van der Waals surface area contributed by atoms with Crippen LogP contribution in [0.2, 0.25) is 5.02 Å². The van der Waals surface area contributed by atoms with Crippen LogP contribution in [-0.2, 0) is 27.8 Å². The summed E-state index contributed by atoms with van der Waals surface area (Å²) in [6.45, 7) is 5.62. The monoisotopic (exact) mass is 701 g/mol. The van der Waals surface area contributed by atoms with Crippen molar-refractivity contribution in [1.82, 2.24) is 10.3 Å². The summed E-state index contributed by atoms with van der Waals surface area (Å²) in [6, 6.07) is 15.0. The molecule has 10 heteroatoms. The standard InChI is InChI=1S/C40H48ClN3O6/c1-24(23-49-35-11-16-42-33-8-3-5-25(2)36(33)35)17-27-18-26-9-10-30(50-31-21-34(37(45)46)43-22-31)20-32(26)39(27)12-14-40(15-13-39,38(47)48)44-29-7-4-6-28(41)19-29/h4,6-7,9-11,16,19-20,24-25,27,31,34,43-44H,3,5,8,12-15,17-18,21-23H2,1-2H3,(H,45,46)(H,47,48)/t24-,25-,27+,31-,34+,39?,40?/m1/s1. The van der Waals surface area contributed by atoms with E-state index in [4.69, 9.17) is 21.1 Å². The second-order valence-electron chi connectivity index (χ2n) is 15.3. The summed E-state index contributed by atoms with van der Waals surface area (Å²) in [6.07, 6.45) is 9.59. The van der Waals surface area contributed by atoms with Crippen molar-refractivity contribution in [2.24, 2.45) is 11.8 Å². The number of nitrogens with one attached hydrogen (secondary N) is 2. The number of hydrogen-bond donors (Lipinski definition) is 4. The van der Waals surface area contributed by atoms with Gasteiger partial charge in [-0.2, -0.15) is 0 Å². The molecule has 0 unspecified atom stereocenters. The highest BCUT2D eigenvalue weighted by molar-refractivity contribution is 6.30. The number of rotatable bonds is 11. The van der Waals surface area contributed by atoms with Crippen LogP contribution < -0.4 is 20.1 Å². The van der Waals surface area contributed by atoms with Crippen LogP contribution in [0.4, 0.5) is 5.69 Å². The number of halogens is 1. The molecule has 1 aliphatic heterocycles. The van der Waals surface area contributed by atoms with Gasteiger partial charge in [0.25, 0.3) is 0 Å². The molecule has 0 amide bonds. The minimum Gasteiger partial charge on any atom is -0.493 e. The van der Waals surface area contributed by atoms with Crippen LogP contribution in [0.3, 0.4) is 0 Å². The first-order valence-electron chi connectivity index (χ1n) is 18.2. The number of aromatic nitrogens is 1. The predicted octanol–water partition coefficient (Wildman–Crippen LogP) is 7.39. The molecule has 0 bridgehead atoms. The maximum Gasteiger partial charge on any atom is 0.329 e. The number of carboxylic acids is 2. The van der Waals surface area contributed by atoms with Crippen molar-refractivity contribution >= 4 is 29.2 Å². The van der Waals surface area contributed by atoms with Crippen molar-refractivity contribution < 1.29 is 29.3 Å². The Morgan fingerprint density at radius 2 is 1.94 bits per heavy atom. The lowest BCUT2D eigenvalue weighted by atomic mass is 9.59. The molecule has 2 fully saturated rings. The first-order valence-corrected chi connectivity index (χ1v) is 18.6. The smallest absolute Gasteiger partial charge is 0.329 e. The van der Waals surface area contributed by atoms with Crippen molar-refractivity contribution in [3.63, 3.8) is 0 Å². The molecule has 7 rings (SSSR count). The van der Waals surface area contributed by atoms with Gasteiger partial charge in [-0.15, -0.1) is 0 Å². The van der Waals surface area contributed by atoms with E-state index in [9.17, 15) is 19.8 Å². The molecule has 4 aliphatic rings. The fraction of sp³-hybridized carbons (Fsp3) is 0.525. The number of benzene rings is 2. The molecule has 0 radical (unpaired) electrons. The molecule has 50 heavy (non-hydrogen) atoms. The minimum atomic E-state index is -1.11. The Balaban J connectivity index is 1.13. The van der Waals surface area contributed by atoms with Gasteiger partial charge in [0.15, 0.2) is 0 Å². The predicted molar refractivity (Wildman–Crippen MR) is 193 cm³/mol. The van der Waals surface area contributed by atoms with Crippen LogP contribution in [0, 0.1) is 11.8 Å². The molecule has 1 spiro atoms. The fourth-order valence-electron chi connectivity index (χ4n) is 9.32. The van der Waals surface area contributed by atoms with E-state index in [-0.39, 0.29) is 17.4 Å². The van der Waals surface area contributed by atoms with E-state index >= 15 is 0 Å². The van der Waals surface area contributed by atoms with E-state index in [1.165, 1.54) is 22.4 Å². The van der Waals surface area contributed by atoms with Gasteiger partial charge >= 0.3 is 11.9 Å². The van der Waals surface area contributed by atoms with Crippen LogP contribution in [-0.4, -0.2) is 58.0 Å². The van der Waals surface area contributed by atoms with E-state index in [1.807, 2.05) is 30.5 Å². The van der Waals surface area contributed by atoms with Gasteiger partial charge in [0.1, 0.15) is 29.2 Å². The van der Waals surface area contributed by atoms with Gasteiger partial charge in [0, 0.05) is 41.1 Å². The van der Waals surface area contributed by atoms with Gasteiger partial charge in [-0.3, -0.25) is 9.78 Å². The van der Waals surface area contributed by atoms with Crippen LogP contribution in [0.5, 0.6) is 11.5 Å². The van der Waals surface area contributed by atoms with Crippen molar-refractivity contribution in [2.45, 2.75) is 107 Å². The lowest BCUT2D eigenvalue weighted by Crippen LogP contribution is -2.53. The van der Waals surface area contributed by atoms with E-state index in [1.54, 1.807) is 12.1 Å². The highest BCUT2D eigenvalue weighted by Crippen LogP contribution is 2.57. The molecular weight excluding hydrogens is 654 g/mol. The molecule has 2 heterocycles. The third-order valence-electron chi connectivity index (χ3n) is 12.0. The number of carboxylic acid groups (broad SMARTS) is 2. The maximum atomic E-state index is 13.0. The fourth-order valence-corrected chi connectivity index (χ4v) is 9.51. The van der Waals surface area contributed by atoms with Gasteiger partial charge in [0.2, 0.25) is 0 Å². The number of ether oxygens (including phenoxy) is 2. The first-order chi connectivity index (χ1) is 24.0. The molecule has 266 valence electrons. The van der Waals surface area contributed by atoms with Crippen molar-refractivity contribution in [3.05, 3.63) is 82.1 Å². The zero-order valence-corrected chi connectivity index (χ0v) is 29.7. The second kappa shape index (κ2) is 14.1. The summed E-state index contributed by atoms with van der Waals surface area (Å²) < 4.78 is 12.9. The lowest BCUT2D eigenvalue weighted by molar-refractivity contribution is -0.144. The summed E-state index contributed by atoms with van der Waals surface area (Å²) in [4.78, 5) is 29.1. The quantitative estimate of drug-likeness (QED) is 0.162. The third-order valence-corrected chi connectivity index (χ3v) is 12.2. The van der Waals surface area contributed by atoms with Crippen LogP contribution >= 0.6 is 11.6 Å². The van der Waals surface area contributed by atoms with E-state index < -0.39 is 23.5 Å². The number of carbonyl (C=O) groups is 2. The Morgan fingerprint density at radius 3 is 2.68 bits per heavy atom. The SMILES string of the molecule is C[C@@H](COc1ccnc2c1[C@H](C)CCC2)C[C@H]1Cc2ccc(O[C@H]3CN[C@H](C(=O)O)C3)cc2C12CCC(Nc1cccc(Cl)c1)(C(=O)O)CC2. The summed E-state index contributed by atoms with van der Waals surface area (Å²) in [5.41, 5.74) is 4.33. The number of nitrogens with zero attached hydrogens (tertiary/aromatic N) is 1. The van der Waals surface area contributed by atoms with Crippen LogP contribution in [0.1, 0.15) is 93.5 Å². The summed E-state index contributed by atoms with van der Waals surface area (Å²) in [7, 11) is 0. The molecule has 5 atom stereocenters. The van der Waals surface area contributed by atoms with Gasteiger partial charge < -0.3 is 30.3 Å². The second-order valence-corrected chi connectivity index (χ2v) is 15.7. The number of pyridine rings is 1. The summed E-state index contributed by atoms with van der Waals surface area (Å²) in [5, 5.41) is 27.1. The Bertz CT molecular complexity index is 1740. The first kappa shape index (κ1) is 34.6. The van der Waals surface area contributed by atoms with Crippen molar-refractivity contribution in [2.75, 3.05) is 18.5 Å². The molecule has 9 nitrogen and oxygen atoms in total. The molecule has 3 aromatic rings. The normalized spacial score (nSPS) is 29.2. The van der Waals surface area contributed by atoms with Crippen LogP contribution in [0.25, 0.3) is 0 Å². The highest BCUT2D eigenvalue weighted by atomic mass is 35.5. The highest BCUT2D eigenvalue weighted by Gasteiger charge is 2.54. The van der Waals surface area contributed by atoms with Gasteiger partial charge in [-0.25, -0.2) is 4.79 Å². The summed E-state index contributed by atoms with van der Waals surface area (Å²) >= 11 is 6.27. The van der Waals surface area contributed by atoms with Crippen LogP contribution in [0.15, 0.2) is 54.7 Å². The zero-order valence-electron chi connectivity index (χ0n) is 28.9. The number of aryl methyl sites for hydroxylation is 1. The Labute approximate surface area is 299 Å². The molecule has 2 aromatic carbocycles. The van der Waals surface area contributed by atoms with E-state index in [0.29, 0.717) is 67.8 Å². The summed E-state index contributed by atoms with van der Waals surface area (Å²) in [5.74, 6) is 1.01. The van der Waals surface area contributed by atoms with Crippen molar-refractivity contribution in [1.29, 1.82) is 0 Å². The molecular formula is C40H48ClN3O6. The number of aliphatic carboxylic acids is 2. The molecule has 1 saturated heterocycles. The molecule has 1 saturated carbocycles. The lowest BCUT2D eigenvalue weighted by Gasteiger charge is -2.47. The average molecular weight is 702 g/mol. The Morgan fingerprint density at radius 1 is 1.12 bits per heavy atom. The average Bonchev–Trinajstić information content (AvgIpc) is 3.68. The van der Waals surface area contributed by atoms with E-state index in [2.05, 4.69) is 41.6 Å². The number of anilines is 1. The Hall–Kier alpha value is -3.82. The van der Waals surface area contributed by atoms with Gasteiger partial charge in [-0.1, -0.05) is 37.6 Å². The zero-order chi connectivity index (χ0) is 35.0. The maximum absolute atomic E-state index is 13.0.